The summed E-state index contributed by atoms with van der Waals surface area (Å²) < 4.78 is 84.2. The Morgan fingerprint density at radius 1 is 1.06 bits per heavy atom. The highest BCUT2D eigenvalue weighted by Crippen LogP contribution is 2.37. The van der Waals surface area contributed by atoms with Crippen molar-refractivity contribution < 1.29 is 40.2 Å². The molecule has 0 radical (unpaired) electrons. The van der Waals surface area contributed by atoms with Gasteiger partial charge in [-0.2, -0.15) is 3.71 Å². The lowest BCUT2D eigenvalue weighted by atomic mass is 10.2. The number of sulfonamides is 2. The molecule has 4 rings (SSSR count). The van der Waals surface area contributed by atoms with Crippen LogP contribution in [0, 0.1) is 5.82 Å². The van der Waals surface area contributed by atoms with Crippen molar-refractivity contribution in [1.82, 2.24) is 0 Å². The number of halogens is 1. The number of carbonyl (C=O) groups is 1. The van der Waals surface area contributed by atoms with Gasteiger partial charge in [0.25, 0.3) is 20.0 Å². The normalized spacial score (nSPS) is 22.1. The predicted octanol–water partition coefficient (Wildman–Crippen LogP) is 1.87. The van der Waals surface area contributed by atoms with E-state index in [1.165, 1.54) is 13.2 Å². The maximum atomic E-state index is 15.2. The summed E-state index contributed by atoms with van der Waals surface area (Å²) in [6.45, 7) is -0.0215. The number of methoxy groups -OCH3 is 1. The number of esters is 1. The van der Waals surface area contributed by atoms with E-state index in [1.807, 2.05) is 0 Å². The number of ether oxygens (including phenoxy) is 3. The van der Waals surface area contributed by atoms with Gasteiger partial charge in [0.15, 0.2) is 0 Å². The summed E-state index contributed by atoms with van der Waals surface area (Å²) in [6, 6.07) is 3.56. The second-order valence-electron chi connectivity index (χ2n) is 7.20. The number of fused-ring (bicyclic) bond motifs is 1. The molecule has 0 bridgehead atoms. The third-order valence-electron chi connectivity index (χ3n) is 5.25. The summed E-state index contributed by atoms with van der Waals surface area (Å²) in [6.07, 6.45) is 0.203. The van der Waals surface area contributed by atoms with Crippen LogP contribution in [0.1, 0.15) is 22.5 Å². The van der Waals surface area contributed by atoms with Crippen LogP contribution in [0.5, 0.6) is 0 Å². The number of rotatable bonds is 6. The Labute approximate surface area is 182 Å². The van der Waals surface area contributed by atoms with Crippen molar-refractivity contribution in [2.24, 2.45) is 0 Å². The second kappa shape index (κ2) is 8.28. The van der Waals surface area contributed by atoms with E-state index in [4.69, 9.17) is 9.47 Å². The predicted molar refractivity (Wildman–Crippen MR) is 112 cm³/mol. The molecule has 2 fully saturated rings. The van der Waals surface area contributed by atoms with Crippen molar-refractivity contribution in [2.45, 2.75) is 23.3 Å². The maximum absolute atomic E-state index is 15.2. The number of benzene rings is 1. The minimum atomic E-state index is -4.52. The molecule has 9 nitrogen and oxygen atoms in total. The van der Waals surface area contributed by atoms with E-state index in [0.717, 1.165) is 23.5 Å². The minimum absolute atomic E-state index is 0.102. The van der Waals surface area contributed by atoms with Gasteiger partial charge in [0.2, 0.25) is 0 Å². The minimum Gasteiger partial charge on any atom is -0.465 e. The molecule has 0 amide bonds. The smallest absolute Gasteiger partial charge is 0.348 e. The van der Waals surface area contributed by atoms with E-state index < -0.39 is 48.0 Å². The third kappa shape index (κ3) is 3.93. The first kappa shape index (κ1) is 22.4. The lowest BCUT2D eigenvalue weighted by Crippen LogP contribution is -2.47. The van der Waals surface area contributed by atoms with E-state index >= 15 is 4.39 Å². The number of hydrogen-bond acceptors (Lipinski definition) is 9. The molecule has 1 aromatic heterocycles. The monoisotopic (exact) mass is 493 g/mol. The zero-order chi connectivity index (χ0) is 22.4. The van der Waals surface area contributed by atoms with Gasteiger partial charge in [-0.1, -0.05) is 0 Å². The highest BCUT2D eigenvalue weighted by molar-refractivity contribution is 8.10. The molecule has 0 spiro atoms. The molecule has 2 aliphatic heterocycles. The fraction of sp³-hybridized carbons (Fsp3) is 0.500. The van der Waals surface area contributed by atoms with Gasteiger partial charge in [-0.25, -0.2) is 26.0 Å². The van der Waals surface area contributed by atoms with E-state index in [-0.39, 0.29) is 47.9 Å². The molecule has 0 aliphatic carbocycles. The fourth-order valence-corrected chi connectivity index (χ4v) is 9.15. The quantitative estimate of drug-likeness (QED) is 0.560. The van der Waals surface area contributed by atoms with Gasteiger partial charge in [-0.3, -0.25) is 0 Å². The van der Waals surface area contributed by atoms with Crippen molar-refractivity contribution in [1.29, 1.82) is 0 Å². The highest BCUT2D eigenvalue weighted by atomic mass is 32.3. The lowest BCUT2D eigenvalue weighted by Gasteiger charge is -2.28. The van der Waals surface area contributed by atoms with Gasteiger partial charge in [0.05, 0.1) is 20.3 Å². The number of carbonyl (C=O) groups excluding carboxylic acids is 1. The van der Waals surface area contributed by atoms with Crippen LogP contribution in [0.15, 0.2) is 18.2 Å². The summed E-state index contributed by atoms with van der Waals surface area (Å²) in [5.41, 5.74) is -0.611. The maximum Gasteiger partial charge on any atom is 0.348 e. The molecule has 1 aromatic carbocycles. The van der Waals surface area contributed by atoms with Gasteiger partial charge in [-0.05, 0) is 36.4 Å². The van der Waals surface area contributed by atoms with Crippen molar-refractivity contribution in [2.75, 3.05) is 37.2 Å². The molecular formula is C18H20FNO8S3. The molecule has 2 saturated heterocycles. The molecule has 3 heterocycles. The molecule has 2 aliphatic rings. The summed E-state index contributed by atoms with van der Waals surface area (Å²) in [7, 11) is -7.83. The Bertz CT molecular complexity index is 1170. The average Bonchev–Trinajstić information content (AvgIpc) is 3.48. The lowest BCUT2D eigenvalue weighted by molar-refractivity contribution is 0.0606. The standard InChI is InChI=1S/C18H20FNO8S3/c1-26-18(21)17-7-11-6-15(14(19)8-16(11)29-17)20(30(22,23)12-2-4-27-9-12)31(24,25)13-3-5-28-10-13/h6-8,12-13H,2-5,9-10H2,1H3. The van der Waals surface area contributed by atoms with Gasteiger partial charge in [0.1, 0.15) is 26.9 Å². The van der Waals surface area contributed by atoms with Crippen LogP contribution >= 0.6 is 11.3 Å². The van der Waals surface area contributed by atoms with Crippen molar-refractivity contribution in [3.63, 3.8) is 0 Å². The number of hydrogen-bond donors (Lipinski definition) is 0. The molecule has 0 saturated carbocycles. The summed E-state index contributed by atoms with van der Waals surface area (Å²) in [5.74, 6) is -1.66. The Morgan fingerprint density at radius 2 is 1.65 bits per heavy atom. The number of nitrogens with zero attached hydrogens (tertiary/aromatic N) is 1. The zero-order valence-electron chi connectivity index (χ0n) is 16.4. The summed E-state index contributed by atoms with van der Waals surface area (Å²) >= 11 is 0.958. The van der Waals surface area contributed by atoms with Crippen LogP contribution in [0.25, 0.3) is 10.1 Å². The first-order valence-electron chi connectivity index (χ1n) is 9.41. The molecule has 0 N–H and O–H groups in total. The van der Waals surface area contributed by atoms with E-state index in [1.54, 1.807) is 0 Å². The van der Waals surface area contributed by atoms with Gasteiger partial charge < -0.3 is 14.2 Å². The summed E-state index contributed by atoms with van der Waals surface area (Å²) in [5, 5.41) is -1.91. The van der Waals surface area contributed by atoms with Crippen molar-refractivity contribution >= 4 is 53.1 Å². The zero-order valence-corrected chi connectivity index (χ0v) is 18.9. The molecule has 2 unspecified atom stereocenters. The van der Waals surface area contributed by atoms with Crippen molar-refractivity contribution in [3.8, 4) is 0 Å². The van der Waals surface area contributed by atoms with Crippen molar-refractivity contribution in [3.05, 3.63) is 28.9 Å². The third-order valence-corrected chi connectivity index (χ3v) is 11.3. The van der Waals surface area contributed by atoms with E-state index in [0.29, 0.717) is 10.1 Å². The van der Waals surface area contributed by atoms with Gasteiger partial charge in [0, 0.05) is 17.9 Å². The van der Waals surface area contributed by atoms with Crippen LogP contribution in [-0.4, -0.2) is 66.8 Å². The van der Waals surface area contributed by atoms with Crippen LogP contribution in [-0.2, 0) is 34.3 Å². The second-order valence-corrected chi connectivity index (χ2v) is 12.6. The van der Waals surface area contributed by atoms with Crippen LogP contribution in [0.4, 0.5) is 10.1 Å². The topological polar surface area (TPSA) is 116 Å². The van der Waals surface area contributed by atoms with Crippen LogP contribution in [0.2, 0.25) is 0 Å². The van der Waals surface area contributed by atoms with E-state index in [9.17, 15) is 21.6 Å². The molecule has 13 heteroatoms. The Kier molecular flexibility index (Phi) is 5.98. The SMILES string of the molecule is COC(=O)c1cc2cc(N(S(=O)(=O)C3CCOC3)S(=O)(=O)C3CCOC3)c(F)cc2s1. The first-order chi connectivity index (χ1) is 14.7. The highest BCUT2D eigenvalue weighted by Gasteiger charge is 2.47. The Morgan fingerprint density at radius 3 is 2.13 bits per heavy atom. The number of thiophene rings is 1. The first-order valence-corrected chi connectivity index (χ1v) is 13.2. The van der Waals surface area contributed by atoms with Crippen LogP contribution < -0.4 is 3.71 Å². The van der Waals surface area contributed by atoms with Crippen LogP contribution in [0.3, 0.4) is 0 Å². The van der Waals surface area contributed by atoms with Gasteiger partial charge >= 0.3 is 5.97 Å². The molecule has 31 heavy (non-hydrogen) atoms. The summed E-state index contributed by atoms with van der Waals surface area (Å²) in [4.78, 5) is 12.0. The molecule has 2 atom stereocenters. The fourth-order valence-electron chi connectivity index (χ4n) is 3.58. The Hall–Kier alpha value is -1.80. The van der Waals surface area contributed by atoms with Gasteiger partial charge in [-0.15, -0.1) is 11.3 Å². The largest absolute Gasteiger partial charge is 0.465 e. The number of anilines is 1. The van der Waals surface area contributed by atoms with E-state index in [2.05, 4.69) is 4.74 Å². The average molecular weight is 494 g/mol. The molecule has 170 valence electrons. The molecular weight excluding hydrogens is 473 g/mol. The molecule has 2 aromatic rings. The Balaban J connectivity index is 1.89.